The lowest BCUT2D eigenvalue weighted by molar-refractivity contribution is 0.251. The molecule has 0 unspecified atom stereocenters. The van der Waals surface area contributed by atoms with E-state index in [-0.39, 0.29) is 17.5 Å². The summed E-state index contributed by atoms with van der Waals surface area (Å²) in [7, 11) is 0. The molecule has 0 aliphatic carbocycles. The van der Waals surface area contributed by atoms with Gasteiger partial charge in [-0.25, -0.2) is 4.99 Å². The highest BCUT2D eigenvalue weighted by Gasteiger charge is 2.07. The molecule has 0 heterocycles. The first-order chi connectivity index (χ1) is 11.9. The van der Waals surface area contributed by atoms with Crippen LogP contribution in [-0.4, -0.2) is 33.7 Å². The molecule has 1 atom stereocenters. The number of guanidine groups is 1. The number of halogens is 2. The molecule has 0 radical (unpaired) electrons. The molecule has 0 saturated heterocycles. The number of phenolic OH excluding ortho intramolecular Hbond substituents is 2. The van der Waals surface area contributed by atoms with Crippen molar-refractivity contribution in [2.24, 2.45) is 20.9 Å². The van der Waals surface area contributed by atoms with Crippen molar-refractivity contribution in [3.05, 3.63) is 57.6 Å². The Morgan fingerprint density at radius 3 is 2.40 bits per heavy atom. The molecule has 0 saturated carbocycles. The third kappa shape index (κ3) is 5.18. The van der Waals surface area contributed by atoms with Crippen LogP contribution < -0.4 is 5.73 Å². The molecule has 2 aromatic rings. The van der Waals surface area contributed by atoms with Crippen LogP contribution in [0.4, 0.5) is 0 Å². The van der Waals surface area contributed by atoms with Crippen molar-refractivity contribution >= 4 is 41.6 Å². The summed E-state index contributed by atoms with van der Waals surface area (Å²) in [4.78, 5) is 3.88. The van der Waals surface area contributed by atoms with Gasteiger partial charge in [-0.15, -0.1) is 5.10 Å². The summed E-state index contributed by atoms with van der Waals surface area (Å²) < 4.78 is 0. The predicted molar refractivity (Wildman–Crippen MR) is 98.9 cm³/mol. The predicted octanol–water partition coefficient (Wildman–Crippen LogP) is 2.86. The largest absolute Gasteiger partial charge is 0.504 e. The first kappa shape index (κ1) is 18.7. The number of nitrogens with zero attached hydrogens (tertiary/aromatic N) is 3. The van der Waals surface area contributed by atoms with E-state index in [1.54, 1.807) is 18.2 Å². The Balaban J connectivity index is 2.06. The zero-order chi connectivity index (χ0) is 18.4. The third-order valence-electron chi connectivity index (χ3n) is 3.03. The van der Waals surface area contributed by atoms with E-state index in [9.17, 15) is 15.3 Å². The highest BCUT2D eigenvalue weighted by atomic mass is 35.5. The first-order valence-electron chi connectivity index (χ1n) is 6.93. The molecule has 25 heavy (non-hydrogen) atoms. The molecule has 0 fully saturated rings. The van der Waals surface area contributed by atoms with Gasteiger partial charge >= 0.3 is 0 Å². The highest BCUT2D eigenvalue weighted by molar-refractivity contribution is 6.38. The normalized spacial score (nSPS) is 13.6. The molecule has 0 aromatic heterocycles. The number of nitrogens with two attached hydrogens (primary N) is 1. The van der Waals surface area contributed by atoms with Gasteiger partial charge in [0.15, 0.2) is 11.5 Å². The topological polar surface area (TPSA) is 124 Å². The average Bonchev–Trinajstić information content (AvgIpc) is 2.56. The summed E-state index contributed by atoms with van der Waals surface area (Å²) in [5.41, 5.74) is 6.40. The summed E-state index contributed by atoms with van der Waals surface area (Å²) >= 11 is 12.0. The maximum absolute atomic E-state index is 9.90. The Hall–Kier alpha value is -2.61. The van der Waals surface area contributed by atoms with E-state index in [2.05, 4.69) is 15.2 Å². The van der Waals surface area contributed by atoms with Crippen LogP contribution in [0.25, 0.3) is 0 Å². The van der Waals surface area contributed by atoms with E-state index in [4.69, 9.17) is 28.9 Å². The van der Waals surface area contributed by atoms with E-state index >= 15 is 0 Å². The summed E-state index contributed by atoms with van der Waals surface area (Å²) in [6.07, 6.45) is 1.30. The van der Waals surface area contributed by atoms with Crippen molar-refractivity contribution in [2.75, 3.05) is 0 Å². The summed E-state index contributed by atoms with van der Waals surface area (Å²) in [5.74, 6) is -0.815. The number of benzene rings is 2. The second kappa shape index (κ2) is 8.48. The minimum Gasteiger partial charge on any atom is -0.504 e. The Kier molecular flexibility index (Phi) is 6.35. The lowest BCUT2D eigenvalue weighted by Gasteiger charge is -2.05. The Bertz CT molecular complexity index is 833. The van der Waals surface area contributed by atoms with E-state index < -0.39 is 6.10 Å². The molecule has 9 heteroatoms. The molecule has 2 aromatic carbocycles. The van der Waals surface area contributed by atoms with Crippen LogP contribution in [-0.2, 0) is 0 Å². The molecule has 0 spiro atoms. The number of aromatic hydroxyl groups is 2. The van der Waals surface area contributed by atoms with Gasteiger partial charge in [0.1, 0.15) is 6.10 Å². The minimum atomic E-state index is -1.15. The van der Waals surface area contributed by atoms with E-state index in [0.717, 1.165) is 6.21 Å². The number of aliphatic hydroxyl groups excluding tert-OH is 1. The molecule has 7 nitrogen and oxygen atoms in total. The fourth-order valence-electron chi connectivity index (χ4n) is 1.76. The van der Waals surface area contributed by atoms with Crippen LogP contribution >= 0.6 is 23.2 Å². The van der Waals surface area contributed by atoms with Crippen molar-refractivity contribution in [3.8, 4) is 11.5 Å². The first-order valence-corrected chi connectivity index (χ1v) is 7.68. The number of phenols is 2. The van der Waals surface area contributed by atoms with Crippen LogP contribution in [0.5, 0.6) is 11.5 Å². The molecule has 0 bridgehead atoms. The third-order valence-corrected chi connectivity index (χ3v) is 3.69. The Morgan fingerprint density at radius 1 is 1.08 bits per heavy atom. The standard InChI is InChI=1S/C16H14Cl2N4O3/c17-11-2-1-3-12(18)10(11)7-20-16(19)22-21-8-15(25)9-4-5-13(23)14(24)6-9/h1-8,15,23-25H,(H2,19,22)/t15-/m1/s1. The molecule has 130 valence electrons. The van der Waals surface area contributed by atoms with Crippen LogP contribution in [0.15, 0.2) is 51.6 Å². The SMILES string of the molecule is NC(N=Cc1c(Cl)cccc1Cl)=NN=C[C@@H](O)c1ccc(O)c(O)c1. The molecular weight excluding hydrogens is 367 g/mol. The van der Waals surface area contributed by atoms with Crippen LogP contribution in [0.2, 0.25) is 10.0 Å². The van der Waals surface area contributed by atoms with Gasteiger partial charge in [-0.05, 0) is 29.8 Å². The number of aliphatic hydroxyl groups is 1. The number of hydrogen-bond acceptors (Lipinski definition) is 5. The monoisotopic (exact) mass is 380 g/mol. The van der Waals surface area contributed by atoms with Crippen molar-refractivity contribution in [1.82, 2.24) is 0 Å². The fraction of sp³-hybridized carbons (Fsp3) is 0.0625. The lowest BCUT2D eigenvalue weighted by Crippen LogP contribution is -2.08. The van der Waals surface area contributed by atoms with Crippen LogP contribution in [0, 0.1) is 0 Å². The second-order valence-corrected chi connectivity index (χ2v) is 5.62. The Labute approximate surface area is 153 Å². The highest BCUT2D eigenvalue weighted by Crippen LogP contribution is 2.27. The summed E-state index contributed by atoms with van der Waals surface area (Å²) in [6.45, 7) is 0. The second-order valence-electron chi connectivity index (χ2n) is 4.81. The quantitative estimate of drug-likeness (QED) is 0.281. The van der Waals surface area contributed by atoms with Crippen molar-refractivity contribution < 1.29 is 15.3 Å². The zero-order valence-electron chi connectivity index (χ0n) is 12.7. The average molecular weight is 381 g/mol. The van der Waals surface area contributed by atoms with Gasteiger partial charge < -0.3 is 21.1 Å². The van der Waals surface area contributed by atoms with Crippen molar-refractivity contribution in [3.63, 3.8) is 0 Å². The smallest absolute Gasteiger partial charge is 0.240 e. The van der Waals surface area contributed by atoms with Crippen LogP contribution in [0.3, 0.4) is 0 Å². The number of hydrogen-bond donors (Lipinski definition) is 4. The van der Waals surface area contributed by atoms with Crippen molar-refractivity contribution in [2.45, 2.75) is 6.10 Å². The molecule has 0 aliphatic heterocycles. The number of rotatable bonds is 4. The van der Waals surface area contributed by atoms with Gasteiger partial charge in [-0.1, -0.05) is 35.3 Å². The van der Waals surface area contributed by atoms with E-state index in [0.29, 0.717) is 21.2 Å². The summed E-state index contributed by atoms with van der Waals surface area (Å²) in [5, 5.41) is 36.6. The molecule has 2 rings (SSSR count). The van der Waals surface area contributed by atoms with Gasteiger partial charge in [0.2, 0.25) is 5.96 Å². The van der Waals surface area contributed by atoms with Gasteiger partial charge in [-0.2, -0.15) is 5.10 Å². The van der Waals surface area contributed by atoms with Gasteiger partial charge in [0.25, 0.3) is 0 Å². The summed E-state index contributed by atoms with van der Waals surface area (Å²) in [6, 6.07) is 8.89. The van der Waals surface area contributed by atoms with E-state index in [1.807, 2.05) is 0 Å². The van der Waals surface area contributed by atoms with Crippen LogP contribution in [0.1, 0.15) is 17.2 Å². The van der Waals surface area contributed by atoms with Gasteiger partial charge in [0, 0.05) is 11.8 Å². The molecule has 5 N–H and O–H groups in total. The zero-order valence-corrected chi connectivity index (χ0v) is 14.2. The molecule has 0 aliphatic rings. The maximum atomic E-state index is 9.90. The van der Waals surface area contributed by atoms with E-state index in [1.165, 1.54) is 24.4 Å². The Morgan fingerprint density at radius 2 is 1.76 bits per heavy atom. The fourth-order valence-corrected chi connectivity index (χ4v) is 2.25. The maximum Gasteiger partial charge on any atom is 0.240 e. The van der Waals surface area contributed by atoms with Gasteiger partial charge in [-0.3, -0.25) is 0 Å². The van der Waals surface area contributed by atoms with Crippen molar-refractivity contribution in [1.29, 1.82) is 0 Å². The molecule has 0 amide bonds. The minimum absolute atomic E-state index is 0.173. The number of aliphatic imine (C=N–C) groups is 1. The van der Waals surface area contributed by atoms with Gasteiger partial charge in [0.05, 0.1) is 16.3 Å². The molecular formula is C16H14Cl2N4O3. The lowest BCUT2D eigenvalue weighted by atomic mass is 10.1.